The number of fused-ring (bicyclic) bond motifs is 4. The first-order valence-corrected chi connectivity index (χ1v) is 8.63. The van der Waals surface area contributed by atoms with Gasteiger partial charge in [0.1, 0.15) is 5.65 Å². The molecule has 120 valence electrons. The Morgan fingerprint density at radius 1 is 1.17 bits per heavy atom. The molecule has 0 spiro atoms. The molecule has 5 rings (SSSR count). The maximum Gasteiger partial charge on any atom is 0.255 e. The average Bonchev–Trinajstić information content (AvgIpc) is 3.24. The number of rotatable bonds is 1. The molecule has 1 fully saturated rings. The Hall–Kier alpha value is -2.62. The second-order valence-corrected chi connectivity index (χ2v) is 6.83. The second kappa shape index (κ2) is 5.20. The fourth-order valence-electron chi connectivity index (χ4n) is 4.44. The molecule has 4 heteroatoms. The predicted molar refractivity (Wildman–Crippen MR) is 92.1 cm³/mol. The van der Waals surface area contributed by atoms with Gasteiger partial charge in [0.15, 0.2) is 0 Å². The molecule has 3 aromatic rings. The molecule has 0 saturated carbocycles. The topological polar surface area (TPSA) is 37.6 Å². The van der Waals surface area contributed by atoms with Gasteiger partial charge in [-0.25, -0.2) is 4.98 Å². The smallest absolute Gasteiger partial charge is 0.255 e. The standard InChI is InChI=1S/C20H19N3O/c24-20(15-7-8-19-21-9-11-22(19)13-15)23-10-3-6-17-16-5-2-1-4-14(16)12-18(17)23/h1-2,4-5,7-9,11,13,17-18H,3,6,10,12H2/t17-,18+/m0/s1. The summed E-state index contributed by atoms with van der Waals surface area (Å²) in [4.78, 5) is 19.5. The van der Waals surface area contributed by atoms with Crippen LogP contribution in [-0.2, 0) is 6.42 Å². The lowest BCUT2D eigenvalue weighted by atomic mass is 9.88. The number of likely N-dealkylation sites (tertiary alicyclic amines) is 1. The lowest BCUT2D eigenvalue weighted by Crippen LogP contribution is -2.46. The second-order valence-electron chi connectivity index (χ2n) is 6.83. The quantitative estimate of drug-likeness (QED) is 0.691. The Labute approximate surface area is 140 Å². The summed E-state index contributed by atoms with van der Waals surface area (Å²) < 4.78 is 1.91. The third-order valence-electron chi connectivity index (χ3n) is 5.56. The van der Waals surface area contributed by atoms with E-state index >= 15 is 0 Å². The normalized spacial score (nSPS) is 22.4. The minimum Gasteiger partial charge on any atom is -0.335 e. The van der Waals surface area contributed by atoms with E-state index in [4.69, 9.17) is 0 Å². The highest BCUT2D eigenvalue weighted by Crippen LogP contribution is 2.42. The van der Waals surface area contributed by atoms with E-state index in [2.05, 4.69) is 34.1 Å². The maximum absolute atomic E-state index is 13.2. The Kier molecular flexibility index (Phi) is 2.98. The number of imidazole rings is 1. The van der Waals surface area contributed by atoms with Gasteiger partial charge in [-0.2, -0.15) is 0 Å². The zero-order chi connectivity index (χ0) is 16.1. The van der Waals surface area contributed by atoms with Crippen molar-refractivity contribution in [1.82, 2.24) is 14.3 Å². The number of piperidine rings is 1. The Bertz CT molecular complexity index is 929. The van der Waals surface area contributed by atoms with Crippen LogP contribution in [0, 0.1) is 0 Å². The van der Waals surface area contributed by atoms with E-state index in [1.807, 2.05) is 28.9 Å². The first-order chi connectivity index (χ1) is 11.8. The fourth-order valence-corrected chi connectivity index (χ4v) is 4.44. The summed E-state index contributed by atoms with van der Waals surface area (Å²) in [6, 6.07) is 12.8. The van der Waals surface area contributed by atoms with E-state index in [1.165, 1.54) is 17.5 Å². The minimum atomic E-state index is 0.146. The van der Waals surface area contributed by atoms with E-state index in [-0.39, 0.29) is 5.91 Å². The Balaban J connectivity index is 1.49. The molecule has 1 amide bonds. The lowest BCUT2D eigenvalue weighted by molar-refractivity contribution is 0.0595. The molecule has 1 aliphatic heterocycles. The van der Waals surface area contributed by atoms with Gasteiger partial charge in [-0.3, -0.25) is 4.79 Å². The summed E-state index contributed by atoms with van der Waals surface area (Å²) in [7, 11) is 0. The van der Waals surface area contributed by atoms with E-state index in [0.29, 0.717) is 12.0 Å². The van der Waals surface area contributed by atoms with Crippen LogP contribution in [0.1, 0.15) is 40.2 Å². The van der Waals surface area contributed by atoms with Gasteiger partial charge < -0.3 is 9.30 Å². The number of pyridine rings is 1. The van der Waals surface area contributed by atoms with Crippen molar-refractivity contribution in [2.24, 2.45) is 0 Å². The van der Waals surface area contributed by atoms with Gasteiger partial charge in [-0.05, 0) is 42.5 Å². The molecular formula is C20H19N3O. The molecule has 1 saturated heterocycles. The summed E-state index contributed by atoms with van der Waals surface area (Å²) in [5.74, 6) is 0.643. The molecule has 2 aliphatic rings. The number of hydrogen-bond donors (Lipinski definition) is 0. The first-order valence-electron chi connectivity index (χ1n) is 8.63. The molecule has 1 aliphatic carbocycles. The summed E-state index contributed by atoms with van der Waals surface area (Å²) in [6.45, 7) is 0.857. The van der Waals surface area contributed by atoms with Gasteiger partial charge >= 0.3 is 0 Å². The summed E-state index contributed by atoms with van der Waals surface area (Å²) in [5.41, 5.74) is 4.48. The number of aromatic nitrogens is 2. The van der Waals surface area contributed by atoms with Crippen LogP contribution in [0.4, 0.5) is 0 Å². The summed E-state index contributed by atoms with van der Waals surface area (Å²) >= 11 is 0. The van der Waals surface area contributed by atoms with Crippen LogP contribution in [0.5, 0.6) is 0 Å². The zero-order valence-corrected chi connectivity index (χ0v) is 13.4. The van der Waals surface area contributed by atoms with Crippen molar-refractivity contribution in [3.8, 4) is 0 Å². The highest BCUT2D eigenvalue weighted by Gasteiger charge is 2.40. The van der Waals surface area contributed by atoms with Crippen LogP contribution < -0.4 is 0 Å². The maximum atomic E-state index is 13.2. The SMILES string of the molecule is O=C(c1ccc2nccn2c1)N1CCC[C@H]2c3ccccc3C[C@H]21. The van der Waals surface area contributed by atoms with Crippen molar-refractivity contribution in [2.45, 2.75) is 31.2 Å². The van der Waals surface area contributed by atoms with Crippen molar-refractivity contribution in [3.63, 3.8) is 0 Å². The predicted octanol–water partition coefficient (Wildman–Crippen LogP) is 3.28. The van der Waals surface area contributed by atoms with Crippen LogP contribution in [-0.4, -0.2) is 32.8 Å². The molecule has 2 atom stereocenters. The van der Waals surface area contributed by atoms with E-state index in [0.717, 1.165) is 30.6 Å². The number of carbonyl (C=O) groups excluding carboxylic acids is 1. The highest BCUT2D eigenvalue weighted by atomic mass is 16.2. The average molecular weight is 317 g/mol. The zero-order valence-electron chi connectivity index (χ0n) is 13.4. The number of benzene rings is 1. The van der Waals surface area contributed by atoms with Gasteiger partial charge in [-0.1, -0.05) is 24.3 Å². The molecule has 3 heterocycles. The summed E-state index contributed by atoms with van der Waals surface area (Å²) in [5, 5.41) is 0. The largest absolute Gasteiger partial charge is 0.335 e. The number of amides is 1. The molecule has 4 nitrogen and oxygen atoms in total. The highest BCUT2D eigenvalue weighted by molar-refractivity contribution is 5.94. The van der Waals surface area contributed by atoms with E-state index in [9.17, 15) is 4.79 Å². The van der Waals surface area contributed by atoms with Crippen LogP contribution >= 0.6 is 0 Å². The minimum absolute atomic E-state index is 0.146. The third-order valence-corrected chi connectivity index (χ3v) is 5.56. The molecule has 0 bridgehead atoms. The molecule has 0 unspecified atom stereocenters. The van der Waals surface area contributed by atoms with Crippen molar-refractivity contribution in [1.29, 1.82) is 0 Å². The Morgan fingerprint density at radius 2 is 2.08 bits per heavy atom. The van der Waals surface area contributed by atoms with Crippen molar-refractivity contribution >= 4 is 11.6 Å². The summed E-state index contributed by atoms with van der Waals surface area (Å²) in [6.07, 6.45) is 8.79. The molecule has 0 radical (unpaired) electrons. The number of nitrogens with zero attached hydrogens (tertiary/aromatic N) is 3. The third kappa shape index (κ3) is 1.99. The van der Waals surface area contributed by atoms with Crippen LogP contribution in [0.3, 0.4) is 0 Å². The van der Waals surface area contributed by atoms with E-state index in [1.54, 1.807) is 6.20 Å². The van der Waals surface area contributed by atoms with Gasteiger partial charge in [0.25, 0.3) is 5.91 Å². The van der Waals surface area contributed by atoms with Crippen molar-refractivity contribution in [2.75, 3.05) is 6.54 Å². The van der Waals surface area contributed by atoms with Gasteiger partial charge in [0.05, 0.1) is 5.56 Å². The first kappa shape index (κ1) is 13.8. The Morgan fingerprint density at radius 3 is 3.04 bits per heavy atom. The van der Waals surface area contributed by atoms with Crippen LogP contribution in [0.15, 0.2) is 55.0 Å². The van der Waals surface area contributed by atoms with Gasteiger partial charge in [-0.15, -0.1) is 0 Å². The molecule has 1 aromatic carbocycles. The molecular weight excluding hydrogens is 298 g/mol. The van der Waals surface area contributed by atoms with Crippen LogP contribution in [0.2, 0.25) is 0 Å². The molecule has 0 N–H and O–H groups in total. The van der Waals surface area contributed by atoms with E-state index < -0.39 is 0 Å². The lowest BCUT2D eigenvalue weighted by Gasteiger charge is -2.38. The molecule has 24 heavy (non-hydrogen) atoms. The number of hydrogen-bond acceptors (Lipinski definition) is 2. The number of carbonyl (C=O) groups is 1. The fraction of sp³-hybridized carbons (Fsp3) is 0.300. The molecule has 2 aromatic heterocycles. The van der Waals surface area contributed by atoms with Crippen molar-refractivity contribution < 1.29 is 4.79 Å². The van der Waals surface area contributed by atoms with Crippen LogP contribution in [0.25, 0.3) is 5.65 Å². The monoisotopic (exact) mass is 317 g/mol. The van der Waals surface area contributed by atoms with Crippen molar-refractivity contribution in [3.05, 3.63) is 71.7 Å². The van der Waals surface area contributed by atoms with Gasteiger partial charge in [0, 0.05) is 37.1 Å². The van der Waals surface area contributed by atoms with Gasteiger partial charge in [0.2, 0.25) is 0 Å².